The molecule has 0 radical (unpaired) electrons. The fourth-order valence-electron chi connectivity index (χ4n) is 4.04. The number of fused-ring (bicyclic) bond motifs is 2. The molecule has 3 rings (SSSR count). The Morgan fingerprint density at radius 3 is 2.25 bits per heavy atom. The van der Waals surface area contributed by atoms with E-state index in [2.05, 4.69) is 0 Å². The largest absolute Gasteiger partial charge is 0.392 e. The first kappa shape index (κ1) is 11.0. The molecule has 2 aliphatic heterocycles. The topological polar surface area (TPSA) is 29.5 Å². The smallest absolute Gasteiger partial charge is 0.0633 e. The Bertz CT molecular complexity index is 233. The zero-order valence-corrected chi connectivity index (χ0v) is 10.1. The van der Waals surface area contributed by atoms with Gasteiger partial charge in [0.25, 0.3) is 0 Å². The van der Waals surface area contributed by atoms with Crippen molar-refractivity contribution in [3.8, 4) is 0 Å². The third-order valence-corrected chi connectivity index (χ3v) is 4.97. The van der Waals surface area contributed by atoms with Gasteiger partial charge in [-0.3, -0.25) is 0 Å². The molecule has 2 bridgehead atoms. The highest BCUT2D eigenvalue weighted by atomic mass is 16.5. The highest BCUT2D eigenvalue weighted by molar-refractivity contribution is 4.94. The summed E-state index contributed by atoms with van der Waals surface area (Å²) in [5, 5.41) is 10.5. The summed E-state index contributed by atoms with van der Waals surface area (Å²) in [6, 6.07) is 0. The Morgan fingerprint density at radius 1 is 0.938 bits per heavy atom. The van der Waals surface area contributed by atoms with Gasteiger partial charge in [0, 0.05) is 5.92 Å². The van der Waals surface area contributed by atoms with Crippen LogP contribution in [0.15, 0.2) is 0 Å². The molecule has 2 nitrogen and oxygen atoms in total. The van der Waals surface area contributed by atoms with E-state index in [0.717, 1.165) is 6.42 Å². The van der Waals surface area contributed by atoms with Gasteiger partial charge < -0.3 is 9.84 Å². The second kappa shape index (κ2) is 4.66. The minimum absolute atomic E-state index is 0.0756. The molecule has 2 heterocycles. The van der Waals surface area contributed by atoms with Gasteiger partial charge in [0.1, 0.15) is 0 Å². The van der Waals surface area contributed by atoms with Crippen molar-refractivity contribution < 1.29 is 9.84 Å². The summed E-state index contributed by atoms with van der Waals surface area (Å²) in [6.07, 6.45) is 12.2. The van der Waals surface area contributed by atoms with Crippen molar-refractivity contribution in [1.82, 2.24) is 0 Å². The van der Waals surface area contributed by atoms with E-state index in [4.69, 9.17) is 4.74 Å². The fraction of sp³-hybridized carbons (Fsp3) is 1.00. The van der Waals surface area contributed by atoms with Crippen LogP contribution in [0.2, 0.25) is 0 Å². The zero-order valence-electron chi connectivity index (χ0n) is 10.1. The molecule has 1 saturated carbocycles. The number of ether oxygens (including phenoxy) is 1. The van der Waals surface area contributed by atoms with Crippen LogP contribution in [0.25, 0.3) is 0 Å². The molecule has 92 valence electrons. The number of rotatable bonds is 2. The van der Waals surface area contributed by atoms with Crippen molar-refractivity contribution in [2.24, 2.45) is 11.8 Å². The SMILES string of the molecule is OC(C1CCCCCC1)C1CC2CCC1O2. The normalized spacial score (nSPS) is 42.2. The first-order valence-electron chi connectivity index (χ1n) is 7.18. The first-order valence-corrected chi connectivity index (χ1v) is 7.18. The second-order valence-corrected chi connectivity index (χ2v) is 6.02. The Morgan fingerprint density at radius 2 is 1.69 bits per heavy atom. The summed E-state index contributed by atoms with van der Waals surface area (Å²) in [4.78, 5) is 0. The van der Waals surface area contributed by atoms with E-state index in [0.29, 0.717) is 24.0 Å². The lowest BCUT2D eigenvalue weighted by Crippen LogP contribution is -2.35. The molecule has 0 spiro atoms. The molecular weight excluding hydrogens is 200 g/mol. The van der Waals surface area contributed by atoms with Gasteiger partial charge in [-0.1, -0.05) is 25.7 Å². The van der Waals surface area contributed by atoms with E-state index >= 15 is 0 Å². The molecular formula is C14H24O2. The van der Waals surface area contributed by atoms with Crippen molar-refractivity contribution in [1.29, 1.82) is 0 Å². The van der Waals surface area contributed by atoms with E-state index in [1.165, 1.54) is 51.4 Å². The monoisotopic (exact) mass is 224 g/mol. The molecule has 0 aromatic heterocycles. The van der Waals surface area contributed by atoms with Gasteiger partial charge in [-0.05, 0) is 38.0 Å². The van der Waals surface area contributed by atoms with Crippen molar-refractivity contribution in [2.75, 3.05) is 0 Å². The van der Waals surface area contributed by atoms with Gasteiger partial charge in [-0.15, -0.1) is 0 Å². The van der Waals surface area contributed by atoms with E-state index in [1.54, 1.807) is 0 Å². The van der Waals surface area contributed by atoms with E-state index in [-0.39, 0.29) is 6.10 Å². The first-order chi connectivity index (χ1) is 7.84. The van der Waals surface area contributed by atoms with Gasteiger partial charge in [0.2, 0.25) is 0 Å². The third-order valence-electron chi connectivity index (χ3n) is 4.97. The Hall–Kier alpha value is -0.0800. The summed E-state index contributed by atoms with van der Waals surface area (Å²) in [7, 11) is 0. The average Bonchev–Trinajstić information content (AvgIpc) is 2.82. The highest BCUT2D eigenvalue weighted by Gasteiger charge is 2.45. The quantitative estimate of drug-likeness (QED) is 0.731. The summed E-state index contributed by atoms with van der Waals surface area (Å²) < 4.78 is 5.87. The van der Waals surface area contributed by atoms with Crippen LogP contribution in [0.1, 0.15) is 57.8 Å². The minimum atomic E-state index is -0.0756. The summed E-state index contributed by atoms with van der Waals surface area (Å²) >= 11 is 0. The van der Waals surface area contributed by atoms with E-state index < -0.39 is 0 Å². The molecule has 4 unspecified atom stereocenters. The number of aliphatic hydroxyl groups excluding tert-OH is 1. The molecule has 4 atom stereocenters. The maximum atomic E-state index is 10.5. The van der Waals surface area contributed by atoms with Crippen molar-refractivity contribution in [3.05, 3.63) is 0 Å². The Balaban J connectivity index is 1.61. The molecule has 1 N–H and O–H groups in total. The summed E-state index contributed by atoms with van der Waals surface area (Å²) in [6.45, 7) is 0. The van der Waals surface area contributed by atoms with Crippen LogP contribution in [0, 0.1) is 11.8 Å². The van der Waals surface area contributed by atoms with Crippen LogP contribution in [0.3, 0.4) is 0 Å². The van der Waals surface area contributed by atoms with Crippen molar-refractivity contribution in [2.45, 2.75) is 76.1 Å². The van der Waals surface area contributed by atoms with Crippen LogP contribution in [0.4, 0.5) is 0 Å². The molecule has 2 heteroatoms. The van der Waals surface area contributed by atoms with Crippen molar-refractivity contribution >= 4 is 0 Å². The van der Waals surface area contributed by atoms with Gasteiger partial charge in [-0.25, -0.2) is 0 Å². The van der Waals surface area contributed by atoms with Gasteiger partial charge in [0.05, 0.1) is 18.3 Å². The third kappa shape index (κ3) is 2.02. The van der Waals surface area contributed by atoms with Gasteiger partial charge >= 0.3 is 0 Å². The molecule has 2 saturated heterocycles. The fourth-order valence-corrected chi connectivity index (χ4v) is 4.04. The standard InChI is InChI=1S/C14H24O2/c15-14(10-5-3-1-2-4-6-10)12-9-11-7-8-13(12)16-11/h10-15H,1-9H2. The van der Waals surface area contributed by atoms with Crippen LogP contribution < -0.4 is 0 Å². The van der Waals surface area contributed by atoms with Crippen LogP contribution in [-0.2, 0) is 4.74 Å². The molecule has 0 amide bonds. The Kier molecular flexibility index (Phi) is 3.21. The Labute approximate surface area is 98.4 Å². The molecule has 3 fully saturated rings. The predicted octanol–water partition coefficient (Wildman–Crippen LogP) is 2.89. The molecule has 0 aromatic carbocycles. The maximum absolute atomic E-state index is 10.5. The molecule has 1 aliphatic carbocycles. The summed E-state index contributed by atoms with van der Waals surface area (Å²) in [5.74, 6) is 1.03. The van der Waals surface area contributed by atoms with Gasteiger partial charge in [-0.2, -0.15) is 0 Å². The highest BCUT2D eigenvalue weighted by Crippen LogP contribution is 2.43. The van der Waals surface area contributed by atoms with Crippen molar-refractivity contribution in [3.63, 3.8) is 0 Å². The van der Waals surface area contributed by atoms with Gasteiger partial charge in [0.15, 0.2) is 0 Å². The minimum Gasteiger partial charge on any atom is -0.392 e. The number of hydrogen-bond donors (Lipinski definition) is 1. The molecule has 0 aromatic rings. The van der Waals surface area contributed by atoms with Crippen LogP contribution >= 0.6 is 0 Å². The zero-order chi connectivity index (χ0) is 11.0. The molecule has 3 aliphatic rings. The average molecular weight is 224 g/mol. The number of aliphatic hydroxyl groups is 1. The lowest BCUT2D eigenvalue weighted by molar-refractivity contribution is 0.00600. The van der Waals surface area contributed by atoms with E-state index in [9.17, 15) is 5.11 Å². The van der Waals surface area contributed by atoms with Crippen LogP contribution in [-0.4, -0.2) is 23.4 Å². The predicted molar refractivity (Wildman–Crippen MR) is 63.2 cm³/mol. The maximum Gasteiger partial charge on any atom is 0.0633 e. The lowest BCUT2D eigenvalue weighted by Gasteiger charge is -2.30. The molecule has 16 heavy (non-hydrogen) atoms. The summed E-state index contributed by atoms with van der Waals surface area (Å²) in [5.41, 5.74) is 0. The van der Waals surface area contributed by atoms with Crippen LogP contribution in [0.5, 0.6) is 0 Å². The second-order valence-electron chi connectivity index (χ2n) is 6.02. The lowest BCUT2D eigenvalue weighted by atomic mass is 9.78. The number of hydrogen-bond acceptors (Lipinski definition) is 2. The van der Waals surface area contributed by atoms with E-state index in [1.807, 2.05) is 0 Å².